The molecule has 1 aliphatic heterocycles. The Morgan fingerprint density at radius 3 is 2.47 bits per heavy atom. The molecule has 1 atom stereocenters. The van der Waals surface area contributed by atoms with Gasteiger partial charge in [0.15, 0.2) is 0 Å². The van der Waals surface area contributed by atoms with Crippen molar-refractivity contribution in [1.29, 1.82) is 0 Å². The molecule has 1 fully saturated rings. The fraction of sp³-hybridized carbons (Fsp3) is 0.440. The number of ether oxygens (including phenoxy) is 1. The van der Waals surface area contributed by atoms with Crippen LogP contribution in [0.1, 0.15) is 30.5 Å². The molecule has 32 heavy (non-hydrogen) atoms. The predicted octanol–water partition coefficient (Wildman–Crippen LogP) is 4.43. The van der Waals surface area contributed by atoms with Crippen LogP contribution in [-0.4, -0.2) is 47.5 Å². The zero-order valence-electron chi connectivity index (χ0n) is 19.1. The van der Waals surface area contributed by atoms with Gasteiger partial charge in [-0.2, -0.15) is 11.8 Å². The summed E-state index contributed by atoms with van der Waals surface area (Å²) >= 11 is 1.99. The number of nitrogens with one attached hydrogen (secondary N) is 2. The first-order valence-electron chi connectivity index (χ1n) is 11.1. The highest BCUT2D eigenvalue weighted by Gasteiger charge is 2.25. The van der Waals surface area contributed by atoms with E-state index in [9.17, 15) is 9.59 Å². The highest BCUT2D eigenvalue weighted by Crippen LogP contribution is 2.22. The first kappa shape index (κ1) is 24.1. The van der Waals surface area contributed by atoms with Gasteiger partial charge in [0, 0.05) is 36.8 Å². The summed E-state index contributed by atoms with van der Waals surface area (Å²) in [5.74, 6) is 2.00. The average molecular weight is 456 g/mol. The molecule has 2 N–H and O–H groups in total. The number of benzene rings is 2. The molecule has 0 aromatic heterocycles. The summed E-state index contributed by atoms with van der Waals surface area (Å²) in [4.78, 5) is 27.8. The third-order valence-corrected chi connectivity index (χ3v) is 6.58. The molecule has 0 saturated carbocycles. The molecule has 7 heteroatoms. The summed E-state index contributed by atoms with van der Waals surface area (Å²) in [6.45, 7) is 9.06. The van der Waals surface area contributed by atoms with E-state index in [1.807, 2.05) is 75.0 Å². The lowest BCUT2D eigenvalue weighted by atomic mass is 10.0. The van der Waals surface area contributed by atoms with Crippen LogP contribution < -0.4 is 10.6 Å². The van der Waals surface area contributed by atoms with E-state index in [-0.39, 0.29) is 18.4 Å². The van der Waals surface area contributed by atoms with Crippen LogP contribution in [0.15, 0.2) is 48.5 Å². The van der Waals surface area contributed by atoms with Crippen LogP contribution in [-0.2, 0) is 22.7 Å². The normalized spacial score (nSPS) is 15.2. The molecule has 2 aromatic rings. The molecule has 172 valence electrons. The minimum absolute atomic E-state index is 0.0892. The smallest absolute Gasteiger partial charge is 0.408 e. The Hall–Kier alpha value is -2.51. The van der Waals surface area contributed by atoms with Gasteiger partial charge < -0.3 is 15.4 Å². The Kier molecular flexibility index (Phi) is 9.00. The highest BCUT2D eigenvalue weighted by atomic mass is 32.2. The van der Waals surface area contributed by atoms with Gasteiger partial charge in [0.25, 0.3) is 0 Å². The van der Waals surface area contributed by atoms with E-state index in [1.165, 1.54) is 5.56 Å². The molecule has 1 saturated heterocycles. The Bertz CT molecular complexity index is 899. The molecule has 0 spiro atoms. The average Bonchev–Trinajstić information content (AvgIpc) is 2.80. The molecule has 0 aliphatic carbocycles. The molecule has 0 bridgehead atoms. The van der Waals surface area contributed by atoms with Crippen LogP contribution in [0.3, 0.4) is 0 Å². The third-order valence-electron chi connectivity index (χ3n) is 5.64. The summed E-state index contributed by atoms with van der Waals surface area (Å²) in [5, 5.41) is 5.74. The maximum atomic E-state index is 13.0. The maximum Gasteiger partial charge on any atom is 0.408 e. The van der Waals surface area contributed by atoms with Crippen LogP contribution in [0.5, 0.6) is 0 Å². The van der Waals surface area contributed by atoms with Gasteiger partial charge in [-0.3, -0.25) is 9.69 Å². The first-order chi connectivity index (χ1) is 15.4. The Morgan fingerprint density at radius 1 is 1.06 bits per heavy atom. The number of carbonyl (C=O) groups is 2. The molecule has 1 heterocycles. The van der Waals surface area contributed by atoms with Crippen LogP contribution >= 0.6 is 11.8 Å². The van der Waals surface area contributed by atoms with Gasteiger partial charge in [-0.1, -0.05) is 56.3 Å². The minimum atomic E-state index is -0.694. The third kappa shape index (κ3) is 7.00. The number of amides is 2. The zero-order chi connectivity index (χ0) is 22.9. The first-order valence-corrected chi connectivity index (χ1v) is 12.3. The van der Waals surface area contributed by atoms with Crippen molar-refractivity contribution in [2.24, 2.45) is 5.92 Å². The largest absolute Gasteiger partial charge is 0.445 e. The van der Waals surface area contributed by atoms with E-state index in [0.717, 1.165) is 48.0 Å². The fourth-order valence-electron chi connectivity index (χ4n) is 3.63. The van der Waals surface area contributed by atoms with Crippen molar-refractivity contribution in [3.05, 3.63) is 65.2 Å². The molecule has 6 nitrogen and oxygen atoms in total. The van der Waals surface area contributed by atoms with Gasteiger partial charge >= 0.3 is 6.09 Å². The zero-order valence-corrected chi connectivity index (χ0v) is 19.9. The van der Waals surface area contributed by atoms with E-state index >= 15 is 0 Å². The van der Waals surface area contributed by atoms with Gasteiger partial charge in [0.05, 0.1) is 0 Å². The Balaban J connectivity index is 1.60. The number of alkyl carbamates (subject to hydrolysis) is 1. The van der Waals surface area contributed by atoms with Crippen molar-refractivity contribution in [3.8, 4) is 0 Å². The summed E-state index contributed by atoms with van der Waals surface area (Å²) < 4.78 is 5.30. The predicted molar refractivity (Wildman–Crippen MR) is 131 cm³/mol. The van der Waals surface area contributed by atoms with Crippen LogP contribution in [0.4, 0.5) is 10.5 Å². The monoisotopic (exact) mass is 455 g/mol. The molecule has 2 amide bonds. The van der Waals surface area contributed by atoms with Crippen molar-refractivity contribution < 1.29 is 14.3 Å². The van der Waals surface area contributed by atoms with Gasteiger partial charge in [0.1, 0.15) is 12.6 Å². The second-order valence-electron chi connectivity index (χ2n) is 8.40. The highest BCUT2D eigenvalue weighted by molar-refractivity contribution is 7.99. The SMILES string of the molecule is Cc1c(CN2CCSCC2)cccc1NC(=O)[C@@H](NC(=O)OCc1ccccc1)C(C)C. The molecule has 2 aromatic carbocycles. The summed E-state index contributed by atoms with van der Waals surface area (Å²) in [7, 11) is 0. The van der Waals surface area contributed by atoms with Crippen LogP contribution in [0.2, 0.25) is 0 Å². The molecule has 0 radical (unpaired) electrons. The number of carbonyl (C=O) groups excluding carboxylic acids is 2. The van der Waals surface area contributed by atoms with Crippen molar-refractivity contribution in [3.63, 3.8) is 0 Å². The number of nitrogens with zero attached hydrogens (tertiary/aromatic N) is 1. The van der Waals surface area contributed by atoms with E-state index in [2.05, 4.69) is 21.6 Å². The van der Waals surface area contributed by atoms with Crippen LogP contribution in [0, 0.1) is 12.8 Å². The summed E-state index contributed by atoms with van der Waals surface area (Å²) in [6.07, 6.45) is -0.601. The summed E-state index contributed by atoms with van der Waals surface area (Å²) in [5.41, 5.74) is 3.95. The molecule has 1 aliphatic rings. The minimum Gasteiger partial charge on any atom is -0.445 e. The van der Waals surface area contributed by atoms with Gasteiger partial charge in [-0.15, -0.1) is 0 Å². The second kappa shape index (κ2) is 11.9. The van der Waals surface area contributed by atoms with Crippen LogP contribution in [0.25, 0.3) is 0 Å². The van der Waals surface area contributed by atoms with E-state index < -0.39 is 12.1 Å². The Morgan fingerprint density at radius 2 is 1.78 bits per heavy atom. The van der Waals surface area contributed by atoms with E-state index in [0.29, 0.717) is 0 Å². The fourth-order valence-corrected chi connectivity index (χ4v) is 4.61. The standard InChI is InChI=1S/C25H33N3O3S/c1-18(2)23(27-25(30)31-17-20-8-5-4-6-9-20)24(29)26-22-11-7-10-21(19(22)3)16-28-12-14-32-15-13-28/h4-11,18,23H,12-17H2,1-3H3,(H,26,29)(H,27,30)/t23-/m0/s1. The van der Waals surface area contributed by atoms with Crippen molar-refractivity contribution in [1.82, 2.24) is 10.2 Å². The van der Waals surface area contributed by atoms with Gasteiger partial charge in [-0.25, -0.2) is 4.79 Å². The van der Waals surface area contributed by atoms with E-state index in [4.69, 9.17) is 4.74 Å². The number of anilines is 1. The lowest BCUT2D eigenvalue weighted by Gasteiger charge is -2.27. The number of rotatable bonds is 8. The van der Waals surface area contributed by atoms with Crippen molar-refractivity contribution in [2.45, 2.75) is 40.0 Å². The molecule has 3 rings (SSSR count). The topological polar surface area (TPSA) is 70.7 Å². The lowest BCUT2D eigenvalue weighted by Crippen LogP contribution is -2.47. The molecular weight excluding hydrogens is 422 g/mol. The number of hydrogen-bond acceptors (Lipinski definition) is 5. The number of thioether (sulfide) groups is 1. The van der Waals surface area contributed by atoms with Crippen molar-refractivity contribution in [2.75, 3.05) is 29.9 Å². The second-order valence-corrected chi connectivity index (χ2v) is 9.62. The van der Waals surface area contributed by atoms with Gasteiger partial charge in [0.2, 0.25) is 5.91 Å². The molecule has 0 unspecified atom stereocenters. The lowest BCUT2D eigenvalue weighted by molar-refractivity contribution is -0.119. The Labute approximate surface area is 195 Å². The quantitative estimate of drug-likeness (QED) is 0.616. The molecular formula is C25H33N3O3S. The van der Waals surface area contributed by atoms with Crippen molar-refractivity contribution >= 4 is 29.4 Å². The maximum absolute atomic E-state index is 13.0. The number of hydrogen-bond donors (Lipinski definition) is 2. The summed E-state index contributed by atoms with van der Waals surface area (Å²) in [6, 6.07) is 14.8. The van der Waals surface area contributed by atoms with Gasteiger partial charge in [-0.05, 0) is 35.6 Å². The van der Waals surface area contributed by atoms with E-state index in [1.54, 1.807) is 0 Å².